The molecule has 2 aromatic carbocycles. The van der Waals surface area contributed by atoms with Crippen molar-refractivity contribution in [2.24, 2.45) is 0 Å². The first-order valence-corrected chi connectivity index (χ1v) is 9.01. The van der Waals surface area contributed by atoms with Crippen molar-refractivity contribution in [1.29, 1.82) is 0 Å². The quantitative estimate of drug-likeness (QED) is 0.624. The fourth-order valence-corrected chi connectivity index (χ4v) is 3.23. The van der Waals surface area contributed by atoms with Gasteiger partial charge in [0.25, 0.3) is 11.6 Å². The molecule has 0 spiro atoms. The third kappa shape index (κ3) is 4.56. The summed E-state index contributed by atoms with van der Waals surface area (Å²) in [5.74, 6) is -0.368. The molecule has 27 heavy (non-hydrogen) atoms. The smallest absolute Gasteiger partial charge is 0.270 e. The van der Waals surface area contributed by atoms with E-state index in [1.165, 1.54) is 12.1 Å². The van der Waals surface area contributed by atoms with Gasteiger partial charge in [-0.2, -0.15) is 0 Å². The minimum atomic E-state index is -0.500. The summed E-state index contributed by atoms with van der Waals surface area (Å²) >= 11 is 6.02. The van der Waals surface area contributed by atoms with Crippen LogP contribution >= 0.6 is 11.6 Å². The second-order valence-electron chi connectivity index (χ2n) is 6.31. The van der Waals surface area contributed by atoms with Crippen LogP contribution in [0.15, 0.2) is 42.5 Å². The fourth-order valence-electron chi connectivity index (χ4n) is 3.03. The molecule has 1 amide bonds. The number of nitrogens with zero attached hydrogens (tertiary/aromatic N) is 2. The molecule has 2 aromatic rings. The number of ether oxygens (including phenoxy) is 1. The topological polar surface area (TPSA) is 84.7 Å². The Labute approximate surface area is 162 Å². The van der Waals surface area contributed by atoms with Gasteiger partial charge in [0, 0.05) is 30.2 Å². The summed E-state index contributed by atoms with van der Waals surface area (Å²) < 4.78 is 5.35. The summed E-state index contributed by atoms with van der Waals surface area (Å²) in [4.78, 5) is 25.6. The van der Waals surface area contributed by atoms with Crippen molar-refractivity contribution in [2.45, 2.75) is 13.0 Å². The van der Waals surface area contributed by atoms with E-state index in [-0.39, 0.29) is 23.2 Å². The number of halogens is 1. The molecule has 1 fully saturated rings. The van der Waals surface area contributed by atoms with Crippen molar-refractivity contribution >= 4 is 28.9 Å². The lowest BCUT2D eigenvalue weighted by atomic mass is 10.1. The van der Waals surface area contributed by atoms with Crippen molar-refractivity contribution in [3.63, 3.8) is 0 Å². The van der Waals surface area contributed by atoms with E-state index in [2.05, 4.69) is 5.32 Å². The Morgan fingerprint density at radius 2 is 2.00 bits per heavy atom. The Balaban J connectivity index is 1.88. The molecule has 8 heteroatoms. The second kappa shape index (κ2) is 8.37. The molecular weight excluding hydrogens is 370 g/mol. The molecule has 3 rings (SSSR count). The molecular formula is C19H20ClN3O4. The van der Waals surface area contributed by atoms with E-state index in [9.17, 15) is 14.9 Å². The Kier molecular flexibility index (Phi) is 5.93. The van der Waals surface area contributed by atoms with E-state index in [1.54, 1.807) is 18.2 Å². The van der Waals surface area contributed by atoms with Gasteiger partial charge in [0.2, 0.25) is 0 Å². The highest BCUT2D eigenvalue weighted by Crippen LogP contribution is 2.27. The van der Waals surface area contributed by atoms with Crippen LogP contribution in [0.2, 0.25) is 5.02 Å². The Morgan fingerprint density at radius 3 is 2.67 bits per heavy atom. The average molecular weight is 390 g/mol. The van der Waals surface area contributed by atoms with Crippen LogP contribution in [0.4, 0.5) is 11.4 Å². The van der Waals surface area contributed by atoms with Gasteiger partial charge in [-0.05, 0) is 30.7 Å². The first-order chi connectivity index (χ1) is 13.0. The molecule has 1 aliphatic rings. The lowest BCUT2D eigenvalue weighted by Gasteiger charge is -2.30. The van der Waals surface area contributed by atoms with E-state index in [0.29, 0.717) is 37.0 Å². The first kappa shape index (κ1) is 19.1. The van der Waals surface area contributed by atoms with E-state index in [0.717, 1.165) is 5.56 Å². The molecule has 1 heterocycles. The Hall–Kier alpha value is -2.64. The fraction of sp³-hybridized carbons (Fsp3) is 0.316. The number of amides is 1. The Bertz CT molecular complexity index is 853. The summed E-state index contributed by atoms with van der Waals surface area (Å²) in [6.45, 7) is 4.20. The number of morpholine rings is 1. The zero-order valence-corrected chi connectivity index (χ0v) is 15.6. The van der Waals surface area contributed by atoms with Gasteiger partial charge in [-0.3, -0.25) is 14.9 Å². The maximum atomic E-state index is 12.9. The van der Waals surface area contributed by atoms with Gasteiger partial charge in [0.15, 0.2) is 0 Å². The van der Waals surface area contributed by atoms with Gasteiger partial charge in [0.05, 0.1) is 35.4 Å². The van der Waals surface area contributed by atoms with Gasteiger partial charge in [-0.1, -0.05) is 23.7 Å². The third-order valence-electron chi connectivity index (χ3n) is 4.48. The van der Waals surface area contributed by atoms with Gasteiger partial charge >= 0.3 is 0 Å². The summed E-state index contributed by atoms with van der Waals surface area (Å²) in [5.41, 5.74) is 1.68. The van der Waals surface area contributed by atoms with Gasteiger partial charge in [0.1, 0.15) is 0 Å². The average Bonchev–Trinajstić information content (AvgIpc) is 2.68. The largest absolute Gasteiger partial charge is 0.378 e. The number of hydrogen-bond donors (Lipinski definition) is 1. The van der Waals surface area contributed by atoms with Crippen LogP contribution in [-0.2, 0) is 4.74 Å². The summed E-state index contributed by atoms with van der Waals surface area (Å²) in [6, 6.07) is 11.3. The number of non-ortho nitro benzene ring substituents is 1. The molecule has 1 atom stereocenters. The van der Waals surface area contributed by atoms with Crippen molar-refractivity contribution in [3.05, 3.63) is 68.7 Å². The molecule has 0 saturated carbocycles. The van der Waals surface area contributed by atoms with E-state index >= 15 is 0 Å². The lowest BCUT2D eigenvalue weighted by Crippen LogP contribution is -2.38. The molecule has 0 radical (unpaired) electrons. The maximum Gasteiger partial charge on any atom is 0.270 e. The zero-order valence-electron chi connectivity index (χ0n) is 14.9. The summed E-state index contributed by atoms with van der Waals surface area (Å²) in [5, 5.41) is 14.7. The monoisotopic (exact) mass is 389 g/mol. The van der Waals surface area contributed by atoms with Crippen LogP contribution in [0.5, 0.6) is 0 Å². The minimum absolute atomic E-state index is 0.118. The molecule has 142 valence electrons. The number of nitro benzene ring substituents is 1. The first-order valence-electron chi connectivity index (χ1n) is 8.63. The molecule has 7 nitrogen and oxygen atoms in total. The highest BCUT2D eigenvalue weighted by molar-refractivity contribution is 6.30. The maximum absolute atomic E-state index is 12.9. The molecule has 1 saturated heterocycles. The van der Waals surface area contributed by atoms with Gasteiger partial charge < -0.3 is 15.0 Å². The summed E-state index contributed by atoms with van der Waals surface area (Å²) in [6.07, 6.45) is 0. The number of hydrogen-bond acceptors (Lipinski definition) is 5. The highest BCUT2D eigenvalue weighted by Gasteiger charge is 2.23. The van der Waals surface area contributed by atoms with Gasteiger partial charge in [-0.25, -0.2) is 0 Å². The molecule has 1 unspecified atom stereocenters. The predicted molar refractivity (Wildman–Crippen MR) is 103 cm³/mol. The molecule has 1 aliphatic heterocycles. The summed E-state index contributed by atoms with van der Waals surface area (Å²) in [7, 11) is 0. The number of nitrogens with one attached hydrogen (secondary N) is 1. The van der Waals surface area contributed by atoms with Crippen molar-refractivity contribution in [2.75, 3.05) is 31.2 Å². The SMILES string of the molecule is CC(NC(=O)c1cc([N+](=O)[O-])ccc1N1CCOCC1)c1cccc(Cl)c1. The standard InChI is InChI=1S/C19H20ClN3O4/c1-13(14-3-2-4-15(20)11-14)21-19(24)17-12-16(23(25)26)5-6-18(17)22-7-9-27-10-8-22/h2-6,11-13H,7-10H2,1H3,(H,21,24). The lowest BCUT2D eigenvalue weighted by molar-refractivity contribution is -0.384. The second-order valence-corrected chi connectivity index (χ2v) is 6.74. The van der Waals surface area contributed by atoms with Crippen LogP contribution in [0, 0.1) is 10.1 Å². The van der Waals surface area contributed by atoms with Crippen LogP contribution in [-0.4, -0.2) is 37.1 Å². The predicted octanol–water partition coefficient (Wildman–Crippen LogP) is 3.58. The van der Waals surface area contributed by atoms with Crippen LogP contribution in [0.3, 0.4) is 0 Å². The van der Waals surface area contributed by atoms with Crippen molar-refractivity contribution < 1.29 is 14.5 Å². The minimum Gasteiger partial charge on any atom is -0.378 e. The van der Waals surface area contributed by atoms with E-state index < -0.39 is 4.92 Å². The normalized spacial score (nSPS) is 15.3. The number of nitro groups is 1. The molecule has 1 N–H and O–H groups in total. The number of carbonyl (C=O) groups excluding carboxylic acids is 1. The number of rotatable bonds is 5. The van der Waals surface area contributed by atoms with Crippen LogP contribution in [0.1, 0.15) is 28.9 Å². The zero-order chi connectivity index (χ0) is 19.4. The molecule has 0 aliphatic carbocycles. The number of benzene rings is 2. The molecule has 0 aromatic heterocycles. The van der Waals surface area contributed by atoms with Gasteiger partial charge in [-0.15, -0.1) is 0 Å². The highest BCUT2D eigenvalue weighted by atomic mass is 35.5. The van der Waals surface area contributed by atoms with E-state index in [1.807, 2.05) is 24.0 Å². The van der Waals surface area contributed by atoms with E-state index in [4.69, 9.17) is 16.3 Å². The Morgan fingerprint density at radius 1 is 1.26 bits per heavy atom. The number of anilines is 1. The van der Waals surface area contributed by atoms with Crippen LogP contribution in [0.25, 0.3) is 0 Å². The molecule has 0 bridgehead atoms. The van der Waals surface area contributed by atoms with Crippen molar-refractivity contribution in [3.8, 4) is 0 Å². The number of carbonyl (C=O) groups is 1. The van der Waals surface area contributed by atoms with Crippen LogP contribution < -0.4 is 10.2 Å². The third-order valence-corrected chi connectivity index (χ3v) is 4.72. The van der Waals surface area contributed by atoms with Crippen molar-refractivity contribution in [1.82, 2.24) is 5.32 Å².